The van der Waals surface area contributed by atoms with E-state index < -0.39 is 53.3 Å². The number of aliphatic hydroxyl groups excluding tert-OH is 2. The molecule has 2 saturated carbocycles. The highest BCUT2D eigenvalue weighted by Gasteiger charge is 2.58. The van der Waals surface area contributed by atoms with Crippen LogP contribution in [-0.2, 0) is 20.7 Å². The van der Waals surface area contributed by atoms with E-state index in [1.165, 1.54) is 0 Å². The second kappa shape index (κ2) is 13.3. The van der Waals surface area contributed by atoms with Crippen LogP contribution in [0.2, 0.25) is 0 Å². The third-order valence-electron chi connectivity index (χ3n) is 9.57. The monoisotopic (exact) mass is 609 g/mol. The molecule has 1 aromatic rings. The number of aliphatic hydroxyl groups is 3. The molecule has 0 heterocycles. The zero-order valence-corrected chi connectivity index (χ0v) is 26.4. The van der Waals surface area contributed by atoms with Crippen molar-refractivity contribution in [1.82, 2.24) is 10.7 Å². The van der Waals surface area contributed by atoms with Crippen LogP contribution in [0.15, 0.2) is 59.2 Å². The van der Waals surface area contributed by atoms with Gasteiger partial charge in [-0.05, 0) is 76.0 Å². The van der Waals surface area contributed by atoms with Gasteiger partial charge in [-0.2, -0.15) is 5.10 Å². The number of amides is 2. The van der Waals surface area contributed by atoms with Crippen LogP contribution in [0.1, 0.15) is 72.3 Å². The minimum atomic E-state index is -1.32. The number of carbonyl (C=O) groups is 3. The number of rotatable bonds is 9. The molecule has 0 radical (unpaired) electrons. The molecule has 10 heteroatoms. The summed E-state index contributed by atoms with van der Waals surface area (Å²) < 4.78 is 5.36. The predicted molar refractivity (Wildman–Crippen MR) is 166 cm³/mol. The van der Waals surface area contributed by atoms with E-state index in [0.717, 1.165) is 11.1 Å². The van der Waals surface area contributed by atoms with Crippen molar-refractivity contribution in [3.8, 4) is 0 Å². The van der Waals surface area contributed by atoms with Gasteiger partial charge in [0.05, 0.1) is 24.0 Å². The fraction of sp³-hybridized carbons (Fsp3) is 0.588. The van der Waals surface area contributed by atoms with Crippen LogP contribution in [0, 0.1) is 23.2 Å². The summed E-state index contributed by atoms with van der Waals surface area (Å²) in [7, 11) is 0. The Bertz CT molecular complexity index is 1320. The van der Waals surface area contributed by atoms with Crippen molar-refractivity contribution < 1.29 is 34.4 Å². The highest BCUT2D eigenvalue weighted by molar-refractivity contribution is 6.01. The number of hydrogen-bond acceptors (Lipinski definition) is 8. The molecule has 240 valence electrons. The van der Waals surface area contributed by atoms with Gasteiger partial charge in [0, 0.05) is 24.2 Å². The van der Waals surface area contributed by atoms with Crippen molar-refractivity contribution in [2.75, 3.05) is 6.61 Å². The number of carbonyl (C=O) groups excluding carboxylic acids is 3. The van der Waals surface area contributed by atoms with Crippen molar-refractivity contribution >= 4 is 23.5 Å². The lowest BCUT2D eigenvalue weighted by Crippen LogP contribution is -2.55. The number of fused-ring (bicyclic) bond motifs is 1. The number of alkyl carbamates (subject to hydrolysis) is 1. The van der Waals surface area contributed by atoms with Crippen molar-refractivity contribution in [3.05, 3.63) is 59.7 Å². The van der Waals surface area contributed by atoms with Gasteiger partial charge < -0.3 is 25.4 Å². The SMILES string of the molecule is CCC1=CC(=O)C=CC1(C)C1CC2CCC(/C(CO)=N\NC(=O)C(Cc3ccccc3)NC(=O)OC(C)(C)C)[C@@]2(O)CC1O. The molecule has 7 atom stereocenters. The van der Waals surface area contributed by atoms with Gasteiger partial charge in [0.2, 0.25) is 0 Å². The van der Waals surface area contributed by atoms with E-state index in [1.807, 2.05) is 50.3 Å². The first-order valence-corrected chi connectivity index (χ1v) is 15.6. The number of benzene rings is 1. The molecule has 2 fully saturated rings. The quantitative estimate of drug-likeness (QED) is 0.211. The Morgan fingerprint density at radius 2 is 1.89 bits per heavy atom. The van der Waals surface area contributed by atoms with E-state index in [2.05, 4.69) is 15.8 Å². The molecule has 10 nitrogen and oxygen atoms in total. The van der Waals surface area contributed by atoms with Crippen LogP contribution in [0.5, 0.6) is 0 Å². The standard InChI is InChI=1S/C34H47N3O7/c1-6-22-17-24(39)14-15-33(22,5)26-18-23-12-13-25(34(23,43)19-29(26)40)28(20-38)36-37-30(41)27(16-21-10-8-7-9-11-21)35-31(42)44-32(2,3)4/h7-11,14-15,17,23,25-27,29,38,40,43H,6,12-13,16,18-20H2,1-5H3,(H,35,42)(H,37,41)/b36-28-/t23?,25?,26?,27?,29?,33?,34-/m1/s1. The molecule has 0 bridgehead atoms. The molecule has 6 unspecified atom stereocenters. The molecule has 1 aromatic carbocycles. The summed E-state index contributed by atoms with van der Waals surface area (Å²) in [4.78, 5) is 37.9. The highest BCUT2D eigenvalue weighted by atomic mass is 16.6. The zero-order valence-electron chi connectivity index (χ0n) is 26.4. The zero-order chi connectivity index (χ0) is 32.3. The maximum absolute atomic E-state index is 13.3. The van der Waals surface area contributed by atoms with Gasteiger partial charge in [0.15, 0.2) is 5.78 Å². The largest absolute Gasteiger partial charge is 0.444 e. The summed E-state index contributed by atoms with van der Waals surface area (Å²) in [5.74, 6) is -1.57. The summed E-state index contributed by atoms with van der Waals surface area (Å²) >= 11 is 0. The van der Waals surface area contributed by atoms with Crippen LogP contribution >= 0.6 is 0 Å². The van der Waals surface area contributed by atoms with Crippen molar-refractivity contribution in [3.63, 3.8) is 0 Å². The second-order valence-electron chi connectivity index (χ2n) is 13.6. The lowest BCUT2D eigenvalue weighted by atomic mass is 9.57. The fourth-order valence-electron chi connectivity index (χ4n) is 7.34. The predicted octanol–water partition coefficient (Wildman–Crippen LogP) is 3.60. The Morgan fingerprint density at radius 1 is 1.18 bits per heavy atom. The minimum Gasteiger partial charge on any atom is -0.444 e. The normalized spacial score (nSPS) is 31.1. The average molecular weight is 610 g/mol. The number of allylic oxidation sites excluding steroid dienone is 4. The number of hydrazone groups is 1. The van der Waals surface area contributed by atoms with Gasteiger partial charge in [0.1, 0.15) is 11.6 Å². The third-order valence-corrected chi connectivity index (χ3v) is 9.57. The van der Waals surface area contributed by atoms with Crippen molar-refractivity contribution in [1.29, 1.82) is 0 Å². The third kappa shape index (κ3) is 7.30. The Kier molecular flexibility index (Phi) is 10.2. The topological polar surface area (TPSA) is 158 Å². The van der Waals surface area contributed by atoms with Gasteiger partial charge >= 0.3 is 6.09 Å². The summed E-state index contributed by atoms with van der Waals surface area (Å²) in [6.07, 6.45) is 6.22. The Balaban J connectivity index is 1.50. The number of hydrogen-bond donors (Lipinski definition) is 5. The maximum Gasteiger partial charge on any atom is 0.408 e. The number of nitrogens with one attached hydrogen (secondary N) is 2. The second-order valence-corrected chi connectivity index (χ2v) is 13.6. The van der Waals surface area contributed by atoms with E-state index >= 15 is 0 Å². The molecule has 4 rings (SSSR count). The van der Waals surface area contributed by atoms with Gasteiger partial charge in [-0.15, -0.1) is 0 Å². The average Bonchev–Trinajstić information content (AvgIpc) is 3.28. The van der Waals surface area contributed by atoms with Crippen LogP contribution < -0.4 is 10.7 Å². The van der Waals surface area contributed by atoms with E-state index in [9.17, 15) is 29.7 Å². The Labute approximate surface area is 259 Å². The molecule has 0 saturated heterocycles. The van der Waals surface area contributed by atoms with Gasteiger partial charge in [-0.25, -0.2) is 10.2 Å². The van der Waals surface area contributed by atoms with Gasteiger partial charge in [-0.1, -0.05) is 55.8 Å². The first-order valence-electron chi connectivity index (χ1n) is 15.6. The molecule has 5 N–H and O–H groups in total. The van der Waals surface area contributed by atoms with Gasteiger partial charge in [-0.3, -0.25) is 9.59 Å². The van der Waals surface area contributed by atoms with Crippen LogP contribution in [0.25, 0.3) is 0 Å². The fourth-order valence-corrected chi connectivity index (χ4v) is 7.34. The van der Waals surface area contributed by atoms with E-state index in [4.69, 9.17) is 4.74 Å². The maximum atomic E-state index is 13.3. The number of ether oxygens (including phenoxy) is 1. The molecular formula is C34H47N3O7. The molecule has 0 aromatic heterocycles. The van der Waals surface area contributed by atoms with Gasteiger partial charge in [0.25, 0.3) is 5.91 Å². The first kappa shape index (κ1) is 33.6. The van der Waals surface area contributed by atoms with E-state index in [0.29, 0.717) is 25.7 Å². The summed E-state index contributed by atoms with van der Waals surface area (Å²) in [6.45, 7) is 8.74. The van der Waals surface area contributed by atoms with Crippen molar-refractivity contribution in [2.24, 2.45) is 28.3 Å². The lowest BCUT2D eigenvalue weighted by Gasteiger charge is -2.50. The molecule has 3 aliphatic rings. The summed E-state index contributed by atoms with van der Waals surface area (Å²) in [6, 6.07) is 8.21. The number of ketones is 1. The molecule has 0 aliphatic heterocycles. The van der Waals surface area contributed by atoms with Crippen LogP contribution in [0.4, 0.5) is 4.79 Å². The minimum absolute atomic E-state index is 0.0554. The molecular weight excluding hydrogens is 562 g/mol. The smallest absolute Gasteiger partial charge is 0.408 e. The first-order chi connectivity index (χ1) is 20.7. The molecule has 3 aliphatic carbocycles. The lowest BCUT2D eigenvalue weighted by molar-refractivity contribution is -0.124. The van der Waals surface area contributed by atoms with Crippen molar-refractivity contribution in [2.45, 2.75) is 96.5 Å². The summed E-state index contributed by atoms with van der Waals surface area (Å²) in [5, 5.41) is 40.6. The molecule has 0 spiro atoms. The molecule has 2 amide bonds. The van der Waals surface area contributed by atoms with Crippen LogP contribution in [-0.4, -0.2) is 68.8 Å². The number of nitrogens with zero attached hydrogens (tertiary/aromatic N) is 1. The van der Waals surface area contributed by atoms with E-state index in [-0.39, 0.29) is 36.2 Å². The van der Waals surface area contributed by atoms with E-state index in [1.54, 1.807) is 32.9 Å². The summed E-state index contributed by atoms with van der Waals surface area (Å²) in [5.41, 5.74) is 1.94. The Morgan fingerprint density at radius 3 is 2.52 bits per heavy atom. The van der Waals surface area contributed by atoms with Crippen LogP contribution in [0.3, 0.4) is 0 Å². The highest BCUT2D eigenvalue weighted by Crippen LogP contribution is 2.56. The Hall–Kier alpha value is -3.34. The molecule has 44 heavy (non-hydrogen) atoms.